The first kappa shape index (κ1) is 14.1. The number of anilines is 1. The van der Waals surface area contributed by atoms with Gasteiger partial charge in [0.15, 0.2) is 11.6 Å². The third kappa shape index (κ3) is 3.83. The van der Waals surface area contributed by atoms with Crippen LogP contribution in [-0.2, 0) is 9.84 Å². The highest BCUT2D eigenvalue weighted by Crippen LogP contribution is 2.23. The van der Waals surface area contributed by atoms with Gasteiger partial charge in [0.2, 0.25) is 0 Å². The van der Waals surface area contributed by atoms with Crippen LogP contribution in [0.4, 0.5) is 10.1 Å². The fraction of sp³-hybridized carbons (Fsp3) is 0.538. The number of benzene rings is 1. The summed E-state index contributed by atoms with van der Waals surface area (Å²) in [6.07, 6.45) is 1.13. The molecule has 1 aromatic rings. The van der Waals surface area contributed by atoms with Gasteiger partial charge >= 0.3 is 0 Å². The van der Waals surface area contributed by atoms with Crippen molar-refractivity contribution in [2.24, 2.45) is 0 Å². The van der Waals surface area contributed by atoms with E-state index in [1.165, 1.54) is 6.07 Å². The van der Waals surface area contributed by atoms with Crippen molar-refractivity contribution in [1.82, 2.24) is 0 Å². The van der Waals surface area contributed by atoms with Gasteiger partial charge in [0.1, 0.15) is 9.84 Å². The standard InChI is InChI=1S/C13H18FNO3S/c1-2-18-13-4-3-11(9-12(13)14)15-10-5-7-19(16,17)8-6-10/h3-4,9-10,15H,2,5-8H2,1H3. The van der Waals surface area contributed by atoms with Gasteiger partial charge in [-0.15, -0.1) is 0 Å². The van der Waals surface area contributed by atoms with E-state index in [2.05, 4.69) is 5.32 Å². The average molecular weight is 287 g/mol. The third-order valence-electron chi connectivity index (χ3n) is 3.16. The lowest BCUT2D eigenvalue weighted by Crippen LogP contribution is -2.32. The Labute approximate surface area is 112 Å². The highest BCUT2D eigenvalue weighted by molar-refractivity contribution is 7.91. The molecule has 1 aliphatic heterocycles. The zero-order valence-electron chi connectivity index (χ0n) is 10.9. The first-order valence-electron chi connectivity index (χ1n) is 6.39. The molecule has 1 heterocycles. The van der Waals surface area contributed by atoms with Crippen LogP contribution >= 0.6 is 0 Å². The number of halogens is 1. The lowest BCUT2D eigenvalue weighted by molar-refractivity contribution is 0.321. The quantitative estimate of drug-likeness (QED) is 0.922. The zero-order chi connectivity index (χ0) is 13.9. The predicted octanol–water partition coefficient (Wildman–Crippen LogP) is 2.21. The van der Waals surface area contributed by atoms with Gasteiger partial charge in [-0.1, -0.05) is 0 Å². The maximum atomic E-state index is 13.7. The summed E-state index contributed by atoms with van der Waals surface area (Å²) >= 11 is 0. The van der Waals surface area contributed by atoms with Gasteiger partial charge in [-0.2, -0.15) is 0 Å². The van der Waals surface area contributed by atoms with Crippen LogP contribution in [0.5, 0.6) is 5.75 Å². The van der Waals surface area contributed by atoms with Gasteiger partial charge in [0.25, 0.3) is 0 Å². The maximum absolute atomic E-state index is 13.7. The molecule has 0 radical (unpaired) electrons. The van der Waals surface area contributed by atoms with Crippen LogP contribution in [0.3, 0.4) is 0 Å². The van der Waals surface area contributed by atoms with E-state index in [-0.39, 0.29) is 23.3 Å². The van der Waals surface area contributed by atoms with Gasteiger partial charge < -0.3 is 10.1 Å². The van der Waals surface area contributed by atoms with E-state index < -0.39 is 15.7 Å². The van der Waals surface area contributed by atoms with Crippen molar-refractivity contribution < 1.29 is 17.5 Å². The molecule has 1 N–H and O–H groups in total. The Morgan fingerprint density at radius 2 is 2.05 bits per heavy atom. The van der Waals surface area contributed by atoms with Crippen molar-refractivity contribution in [2.45, 2.75) is 25.8 Å². The van der Waals surface area contributed by atoms with E-state index in [9.17, 15) is 12.8 Å². The molecule has 1 aromatic carbocycles. The minimum atomic E-state index is -2.86. The minimum Gasteiger partial charge on any atom is -0.491 e. The van der Waals surface area contributed by atoms with Crippen molar-refractivity contribution in [1.29, 1.82) is 0 Å². The summed E-state index contributed by atoms with van der Waals surface area (Å²) in [7, 11) is -2.86. The Balaban J connectivity index is 1.98. The molecule has 1 saturated heterocycles. The number of hydrogen-bond donors (Lipinski definition) is 1. The summed E-state index contributed by atoms with van der Waals surface area (Å²) in [5, 5.41) is 3.17. The molecule has 0 aliphatic carbocycles. The van der Waals surface area contributed by atoms with Crippen LogP contribution in [0.1, 0.15) is 19.8 Å². The van der Waals surface area contributed by atoms with Gasteiger partial charge in [0, 0.05) is 17.8 Å². The molecule has 19 heavy (non-hydrogen) atoms. The van der Waals surface area contributed by atoms with Crippen LogP contribution in [-0.4, -0.2) is 32.6 Å². The molecule has 0 aromatic heterocycles. The Hall–Kier alpha value is -1.30. The van der Waals surface area contributed by atoms with Gasteiger partial charge in [-0.25, -0.2) is 12.8 Å². The second kappa shape index (κ2) is 5.77. The van der Waals surface area contributed by atoms with E-state index in [1.807, 2.05) is 0 Å². The highest BCUT2D eigenvalue weighted by Gasteiger charge is 2.23. The lowest BCUT2D eigenvalue weighted by atomic mass is 10.1. The number of nitrogens with one attached hydrogen (secondary N) is 1. The number of hydrogen-bond acceptors (Lipinski definition) is 4. The Morgan fingerprint density at radius 1 is 1.37 bits per heavy atom. The molecular weight excluding hydrogens is 269 g/mol. The molecule has 1 fully saturated rings. The van der Waals surface area contributed by atoms with E-state index in [1.54, 1.807) is 19.1 Å². The monoisotopic (exact) mass is 287 g/mol. The van der Waals surface area contributed by atoms with Crippen molar-refractivity contribution in [3.8, 4) is 5.75 Å². The highest BCUT2D eigenvalue weighted by atomic mass is 32.2. The first-order chi connectivity index (χ1) is 9.00. The molecule has 1 aliphatic rings. The molecule has 0 unspecified atom stereocenters. The van der Waals surface area contributed by atoms with Crippen LogP contribution in [0, 0.1) is 5.82 Å². The van der Waals surface area contributed by atoms with E-state index in [0.717, 1.165) is 0 Å². The molecule has 2 rings (SSSR count). The smallest absolute Gasteiger partial charge is 0.167 e. The zero-order valence-corrected chi connectivity index (χ0v) is 11.7. The summed E-state index contributed by atoms with van der Waals surface area (Å²) in [6, 6.07) is 4.80. The summed E-state index contributed by atoms with van der Waals surface area (Å²) < 4.78 is 41.4. The Morgan fingerprint density at radius 3 is 2.63 bits per heavy atom. The number of ether oxygens (including phenoxy) is 1. The fourth-order valence-electron chi connectivity index (χ4n) is 2.13. The van der Waals surface area contributed by atoms with Crippen molar-refractivity contribution >= 4 is 15.5 Å². The maximum Gasteiger partial charge on any atom is 0.167 e. The Bertz CT molecular complexity index is 531. The molecule has 0 saturated carbocycles. The topological polar surface area (TPSA) is 55.4 Å². The molecule has 0 amide bonds. The van der Waals surface area contributed by atoms with Crippen LogP contribution in [0.2, 0.25) is 0 Å². The third-order valence-corrected chi connectivity index (χ3v) is 4.87. The molecule has 6 heteroatoms. The molecular formula is C13H18FNO3S. The predicted molar refractivity (Wildman–Crippen MR) is 72.9 cm³/mol. The molecule has 106 valence electrons. The largest absolute Gasteiger partial charge is 0.491 e. The normalized spacial score (nSPS) is 19.1. The number of rotatable bonds is 4. The molecule has 0 atom stereocenters. The van der Waals surface area contributed by atoms with Crippen LogP contribution in [0.25, 0.3) is 0 Å². The van der Waals surface area contributed by atoms with Crippen LogP contribution < -0.4 is 10.1 Å². The fourth-order valence-corrected chi connectivity index (χ4v) is 3.62. The summed E-state index contributed by atoms with van der Waals surface area (Å²) in [5.74, 6) is 0.225. The van der Waals surface area contributed by atoms with E-state index in [4.69, 9.17) is 4.74 Å². The SMILES string of the molecule is CCOc1ccc(NC2CCS(=O)(=O)CC2)cc1F. The van der Waals surface area contributed by atoms with Gasteiger partial charge in [-0.3, -0.25) is 0 Å². The molecule has 0 bridgehead atoms. The summed E-state index contributed by atoms with van der Waals surface area (Å²) in [6.45, 7) is 2.22. The van der Waals surface area contributed by atoms with Crippen LogP contribution in [0.15, 0.2) is 18.2 Å². The minimum absolute atomic E-state index is 0.0841. The second-order valence-corrected chi connectivity index (χ2v) is 6.95. The van der Waals surface area contributed by atoms with E-state index >= 15 is 0 Å². The Kier molecular flexibility index (Phi) is 4.29. The van der Waals surface area contributed by atoms with Crippen molar-refractivity contribution in [3.05, 3.63) is 24.0 Å². The average Bonchev–Trinajstić information content (AvgIpc) is 2.35. The van der Waals surface area contributed by atoms with Crippen molar-refractivity contribution in [3.63, 3.8) is 0 Å². The van der Waals surface area contributed by atoms with E-state index in [0.29, 0.717) is 25.1 Å². The van der Waals surface area contributed by atoms with Gasteiger partial charge in [0.05, 0.1) is 18.1 Å². The van der Waals surface area contributed by atoms with Crippen molar-refractivity contribution in [2.75, 3.05) is 23.4 Å². The second-order valence-electron chi connectivity index (χ2n) is 4.65. The molecule has 4 nitrogen and oxygen atoms in total. The molecule has 0 spiro atoms. The lowest BCUT2D eigenvalue weighted by Gasteiger charge is -2.24. The first-order valence-corrected chi connectivity index (χ1v) is 8.21. The van der Waals surface area contributed by atoms with Gasteiger partial charge in [-0.05, 0) is 31.9 Å². The summed E-state index contributed by atoms with van der Waals surface area (Å²) in [4.78, 5) is 0. The summed E-state index contributed by atoms with van der Waals surface area (Å²) in [5.41, 5.74) is 0.658. The number of sulfone groups is 1.